The predicted molar refractivity (Wildman–Crippen MR) is 88.1 cm³/mol. The maximum absolute atomic E-state index is 12.6. The molecule has 1 saturated heterocycles. The number of benzene rings is 1. The van der Waals surface area contributed by atoms with Crippen molar-refractivity contribution in [3.05, 3.63) is 24.3 Å². The standard InChI is InChI=1S/C14H23N3O4S2/c1-11-10-15-8-7-14(11)16-22(18,19)12-5-4-6-13(9-12)23(20,21)17(2)3/h4-6,9,11,14-16H,7-8,10H2,1-3H3. The molecule has 2 atom stereocenters. The summed E-state index contributed by atoms with van der Waals surface area (Å²) in [6, 6.07) is 5.28. The van der Waals surface area contributed by atoms with Crippen molar-refractivity contribution in [1.29, 1.82) is 0 Å². The van der Waals surface area contributed by atoms with Crippen molar-refractivity contribution in [3.63, 3.8) is 0 Å². The molecule has 1 heterocycles. The van der Waals surface area contributed by atoms with Crippen molar-refractivity contribution < 1.29 is 16.8 Å². The van der Waals surface area contributed by atoms with E-state index in [-0.39, 0.29) is 21.8 Å². The van der Waals surface area contributed by atoms with Gasteiger partial charge >= 0.3 is 0 Å². The number of rotatable bonds is 5. The summed E-state index contributed by atoms with van der Waals surface area (Å²) in [5.74, 6) is 0.173. The number of hydrogen-bond acceptors (Lipinski definition) is 5. The average molecular weight is 361 g/mol. The first-order chi connectivity index (χ1) is 10.6. The van der Waals surface area contributed by atoms with E-state index in [0.717, 1.165) is 17.4 Å². The van der Waals surface area contributed by atoms with Gasteiger partial charge in [0.25, 0.3) is 0 Å². The molecule has 0 amide bonds. The second-order valence-corrected chi connectivity index (χ2v) is 9.83. The minimum Gasteiger partial charge on any atom is -0.316 e. The molecular formula is C14H23N3O4S2. The Morgan fingerprint density at radius 3 is 2.43 bits per heavy atom. The second kappa shape index (κ2) is 6.86. The van der Waals surface area contributed by atoms with E-state index < -0.39 is 20.0 Å². The zero-order chi connectivity index (χ0) is 17.3. The fourth-order valence-corrected chi connectivity index (χ4v) is 4.92. The lowest BCUT2D eigenvalue weighted by Crippen LogP contribution is -2.48. The highest BCUT2D eigenvalue weighted by Crippen LogP contribution is 2.20. The minimum atomic E-state index is -3.76. The van der Waals surface area contributed by atoms with Gasteiger partial charge in [-0.25, -0.2) is 25.9 Å². The molecule has 0 spiro atoms. The van der Waals surface area contributed by atoms with Crippen molar-refractivity contribution in [3.8, 4) is 0 Å². The van der Waals surface area contributed by atoms with Crippen molar-refractivity contribution in [2.24, 2.45) is 5.92 Å². The van der Waals surface area contributed by atoms with Gasteiger partial charge in [-0.05, 0) is 43.6 Å². The number of nitrogens with one attached hydrogen (secondary N) is 2. The molecule has 0 aromatic heterocycles. The van der Waals surface area contributed by atoms with Gasteiger partial charge in [-0.3, -0.25) is 0 Å². The van der Waals surface area contributed by atoms with Crippen LogP contribution in [0.3, 0.4) is 0 Å². The zero-order valence-electron chi connectivity index (χ0n) is 13.5. The second-order valence-electron chi connectivity index (χ2n) is 5.96. The molecule has 1 aliphatic heterocycles. The Morgan fingerprint density at radius 2 is 1.83 bits per heavy atom. The van der Waals surface area contributed by atoms with Gasteiger partial charge in [0, 0.05) is 20.1 Å². The third kappa shape index (κ3) is 4.10. The van der Waals surface area contributed by atoms with Crippen LogP contribution in [0, 0.1) is 5.92 Å². The van der Waals surface area contributed by atoms with Gasteiger partial charge < -0.3 is 5.32 Å². The van der Waals surface area contributed by atoms with Crippen LogP contribution in [0.2, 0.25) is 0 Å². The van der Waals surface area contributed by atoms with E-state index in [2.05, 4.69) is 10.0 Å². The first-order valence-corrected chi connectivity index (χ1v) is 10.3. The average Bonchev–Trinajstić information content (AvgIpc) is 2.49. The molecule has 9 heteroatoms. The summed E-state index contributed by atoms with van der Waals surface area (Å²) in [6.07, 6.45) is 0.704. The van der Waals surface area contributed by atoms with E-state index >= 15 is 0 Å². The van der Waals surface area contributed by atoms with Gasteiger partial charge in [-0.2, -0.15) is 0 Å². The molecule has 23 heavy (non-hydrogen) atoms. The highest BCUT2D eigenvalue weighted by atomic mass is 32.2. The van der Waals surface area contributed by atoms with Crippen LogP contribution in [0.15, 0.2) is 34.1 Å². The normalized spacial score (nSPS) is 23.1. The van der Waals surface area contributed by atoms with Gasteiger partial charge in [-0.15, -0.1) is 0 Å². The van der Waals surface area contributed by atoms with Crippen LogP contribution in [0.25, 0.3) is 0 Å². The largest absolute Gasteiger partial charge is 0.316 e. The summed E-state index contributed by atoms with van der Waals surface area (Å²) in [6.45, 7) is 3.49. The molecule has 1 fully saturated rings. The van der Waals surface area contributed by atoms with Crippen LogP contribution in [-0.4, -0.2) is 54.4 Å². The Kier molecular flexibility index (Phi) is 5.47. The minimum absolute atomic E-state index is 0.0360. The highest BCUT2D eigenvalue weighted by molar-refractivity contribution is 7.90. The smallest absolute Gasteiger partial charge is 0.242 e. The first-order valence-electron chi connectivity index (χ1n) is 7.40. The van der Waals surface area contributed by atoms with Crippen molar-refractivity contribution in [2.45, 2.75) is 29.2 Å². The molecule has 0 aliphatic carbocycles. The quantitative estimate of drug-likeness (QED) is 0.782. The molecule has 2 N–H and O–H groups in total. The SMILES string of the molecule is CC1CNCCC1NS(=O)(=O)c1cccc(S(=O)(=O)N(C)C)c1. The van der Waals surface area contributed by atoms with Gasteiger partial charge in [-0.1, -0.05) is 13.0 Å². The Morgan fingerprint density at radius 1 is 1.17 bits per heavy atom. The Balaban J connectivity index is 2.30. The maximum Gasteiger partial charge on any atom is 0.242 e. The van der Waals surface area contributed by atoms with Crippen LogP contribution in [-0.2, 0) is 20.0 Å². The number of hydrogen-bond donors (Lipinski definition) is 2. The maximum atomic E-state index is 12.6. The topological polar surface area (TPSA) is 95.6 Å². The van der Waals surface area contributed by atoms with E-state index in [0.29, 0.717) is 6.42 Å². The summed E-state index contributed by atoms with van der Waals surface area (Å²) < 4.78 is 53.2. The molecule has 130 valence electrons. The van der Waals surface area contributed by atoms with Gasteiger partial charge in [0.15, 0.2) is 0 Å². The van der Waals surface area contributed by atoms with Crippen molar-refractivity contribution in [1.82, 2.24) is 14.3 Å². The zero-order valence-corrected chi connectivity index (χ0v) is 15.1. The van der Waals surface area contributed by atoms with Crippen molar-refractivity contribution >= 4 is 20.0 Å². The fraction of sp³-hybridized carbons (Fsp3) is 0.571. The first kappa shape index (κ1) is 18.3. The van der Waals surface area contributed by atoms with Gasteiger partial charge in [0.05, 0.1) is 9.79 Å². The molecule has 1 aliphatic rings. The lowest BCUT2D eigenvalue weighted by Gasteiger charge is -2.30. The third-order valence-electron chi connectivity index (χ3n) is 3.99. The monoisotopic (exact) mass is 361 g/mol. The number of piperidine rings is 1. The Labute approximate surface area is 138 Å². The molecule has 0 bridgehead atoms. The van der Waals surface area contributed by atoms with Crippen molar-refractivity contribution in [2.75, 3.05) is 27.2 Å². The molecular weight excluding hydrogens is 338 g/mol. The van der Waals surface area contributed by atoms with E-state index in [1.165, 1.54) is 38.4 Å². The number of nitrogens with zero attached hydrogens (tertiary/aromatic N) is 1. The summed E-state index contributed by atoms with van der Waals surface area (Å²) in [5, 5.41) is 3.21. The van der Waals surface area contributed by atoms with Crippen LogP contribution in [0.1, 0.15) is 13.3 Å². The third-order valence-corrected chi connectivity index (χ3v) is 7.28. The van der Waals surface area contributed by atoms with Crippen LogP contribution in [0.4, 0.5) is 0 Å². The molecule has 0 radical (unpaired) electrons. The van der Waals surface area contributed by atoms with Crippen LogP contribution < -0.4 is 10.0 Å². The summed E-state index contributed by atoms with van der Waals surface area (Å²) in [4.78, 5) is -0.0742. The molecule has 2 unspecified atom stereocenters. The van der Waals surface area contributed by atoms with E-state index in [1.54, 1.807) is 0 Å². The molecule has 2 rings (SSSR count). The van der Waals surface area contributed by atoms with E-state index in [4.69, 9.17) is 0 Å². The number of sulfonamides is 2. The Bertz CT molecular complexity index is 760. The molecule has 1 aromatic carbocycles. The van der Waals surface area contributed by atoms with Gasteiger partial charge in [0.2, 0.25) is 20.0 Å². The van der Waals surface area contributed by atoms with E-state index in [1.807, 2.05) is 6.92 Å². The summed E-state index contributed by atoms with van der Waals surface area (Å²) >= 11 is 0. The lowest BCUT2D eigenvalue weighted by molar-refractivity contribution is 0.328. The summed E-state index contributed by atoms with van der Waals surface area (Å²) in [5.41, 5.74) is 0. The van der Waals surface area contributed by atoms with Crippen LogP contribution in [0.5, 0.6) is 0 Å². The fourth-order valence-electron chi connectivity index (χ4n) is 2.47. The van der Waals surface area contributed by atoms with Gasteiger partial charge in [0.1, 0.15) is 0 Å². The highest BCUT2D eigenvalue weighted by Gasteiger charge is 2.27. The van der Waals surface area contributed by atoms with Crippen LogP contribution >= 0.6 is 0 Å². The molecule has 7 nitrogen and oxygen atoms in total. The molecule has 0 saturated carbocycles. The van der Waals surface area contributed by atoms with E-state index in [9.17, 15) is 16.8 Å². The summed E-state index contributed by atoms with van der Waals surface area (Å²) in [7, 11) is -4.62. The molecule has 1 aromatic rings. The Hall–Kier alpha value is -1.00. The lowest BCUT2D eigenvalue weighted by atomic mass is 9.97. The predicted octanol–water partition coefficient (Wildman–Crippen LogP) is 0.213.